The van der Waals surface area contributed by atoms with Crippen molar-refractivity contribution in [2.24, 2.45) is 0 Å². The Morgan fingerprint density at radius 1 is 1.23 bits per heavy atom. The van der Waals surface area contributed by atoms with E-state index in [1.54, 1.807) is 24.4 Å². The Morgan fingerprint density at radius 3 is 2.84 bits per heavy atom. The second kappa shape index (κ2) is 9.55. The van der Waals surface area contributed by atoms with Gasteiger partial charge in [-0.2, -0.15) is 0 Å². The fraction of sp³-hybridized carbons (Fsp3) is 0.136. The fourth-order valence-corrected chi connectivity index (χ4v) is 4.45. The Kier molecular flexibility index (Phi) is 6.60. The third-order valence-corrected chi connectivity index (χ3v) is 6.26. The highest BCUT2D eigenvalue weighted by atomic mass is 35.5. The summed E-state index contributed by atoms with van der Waals surface area (Å²) in [5, 5.41) is 5.16. The first kappa shape index (κ1) is 21.4. The second-order valence-corrected chi connectivity index (χ2v) is 9.03. The Hall–Kier alpha value is -2.81. The molecule has 0 saturated heterocycles. The molecule has 31 heavy (non-hydrogen) atoms. The van der Waals surface area contributed by atoms with Crippen LogP contribution in [0.5, 0.6) is 11.5 Å². The maximum absolute atomic E-state index is 12.5. The normalized spacial score (nSPS) is 10.9. The molecule has 0 bridgehead atoms. The van der Waals surface area contributed by atoms with E-state index in [0.29, 0.717) is 38.6 Å². The van der Waals surface area contributed by atoms with Gasteiger partial charge >= 0.3 is 0 Å². The molecule has 0 spiro atoms. The summed E-state index contributed by atoms with van der Waals surface area (Å²) in [6.07, 6.45) is 1.70. The minimum absolute atomic E-state index is 0.122. The van der Waals surface area contributed by atoms with E-state index in [-0.39, 0.29) is 17.2 Å². The number of rotatable bonds is 7. The van der Waals surface area contributed by atoms with Gasteiger partial charge in [0.2, 0.25) is 5.91 Å². The molecule has 1 amide bonds. The van der Waals surface area contributed by atoms with Crippen LogP contribution in [0.15, 0.2) is 64.9 Å². The molecule has 6 nitrogen and oxygen atoms in total. The first-order valence-electron chi connectivity index (χ1n) is 9.35. The van der Waals surface area contributed by atoms with Crippen molar-refractivity contribution < 1.29 is 9.53 Å². The Labute approximate surface area is 191 Å². The number of aryl methyl sites for hydroxylation is 1. The lowest BCUT2D eigenvalue weighted by molar-refractivity contribution is -0.113. The van der Waals surface area contributed by atoms with Gasteiger partial charge in [-0.1, -0.05) is 29.3 Å². The SMILES string of the molecule is Cc1ccc(Oc2ccc(Cl)cc2NC(=O)CSCc2cc(=O)n3ccsc3n2)cc1. The summed E-state index contributed by atoms with van der Waals surface area (Å²) in [7, 11) is 0. The molecule has 2 aromatic carbocycles. The predicted molar refractivity (Wildman–Crippen MR) is 127 cm³/mol. The number of benzene rings is 2. The maximum atomic E-state index is 12.5. The molecule has 0 atom stereocenters. The van der Waals surface area contributed by atoms with Crippen LogP contribution in [0.4, 0.5) is 5.69 Å². The molecule has 2 aromatic heterocycles. The van der Waals surface area contributed by atoms with Gasteiger partial charge in [0.25, 0.3) is 5.56 Å². The molecular formula is C22H18ClN3O3S2. The van der Waals surface area contributed by atoms with Gasteiger partial charge < -0.3 is 10.1 Å². The highest BCUT2D eigenvalue weighted by molar-refractivity contribution is 7.99. The molecule has 4 aromatic rings. The summed E-state index contributed by atoms with van der Waals surface area (Å²) in [5.41, 5.74) is 2.15. The quantitative estimate of drug-likeness (QED) is 0.391. The Balaban J connectivity index is 1.39. The van der Waals surface area contributed by atoms with Crippen LogP contribution < -0.4 is 15.6 Å². The average Bonchev–Trinajstić information content (AvgIpc) is 3.21. The number of aromatic nitrogens is 2. The zero-order valence-corrected chi connectivity index (χ0v) is 18.9. The standard InChI is InChI=1S/C22H18ClN3O3S2/c1-14-2-5-17(6-3-14)29-19-7-4-15(23)10-18(19)25-20(27)13-30-12-16-11-21(28)26-8-9-31-22(26)24-16/h2-11H,12-13H2,1H3,(H,25,27). The summed E-state index contributed by atoms with van der Waals surface area (Å²) >= 11 is 8.89. The Bertz CT molecular complexity index is 1290. The van der Waals surface area contributed by atoms with Crippen LogP contribution in [-0.2, 0) is 10.5 Å². The lowest BCUT2D eigenvalue weighted by Gasteiger charge is -2.13. The van der Waals surface area contributed by atoms with Gasteiger partial charge in [0.15, 0.2) is 10.7 Å². The summed E-state index contributed by atoms with van der Waals surface area (Å²) in [6.45, 7) is 2.00. The number of carbonyl (C=O) groups excluding carboxylic acids is 1. The van der Waals surface area contributed by atoms with Gasteiger partial charge in [0.1, 0.15) is 5.75 Å². The van der Waals surface area contributed by atoms with Gasteiger partial charge in [-0.05, 0) is 37.3 Å². The zero-order chi connectivity index (χ0) is 21.8. The third kappa shape index (κ3) is 5.46. The number of halogens is 1. The number of fused-ring (bicyclic) bond motifs is 1. The lowest BCUT2D eigenvalue weighted by atomic mass is 10.2. The first-order valence-corrected chi connectivity index (χ1v) is 11.8. The fourth-order valence-electron chi connectivity index (χ4n) is 2.82. The van der Waals surface area contributed by atoms with E-state index >= 15 is 0 Å². The predicted octanol–water partition coefficient (Wildman–Crippen LogP) is 5.38. The number of nitrogens with one attached hydrogen (secondary N) is 1. The highest BCUT2D eigenvalue weighted by Gasteiger charge is 2.11. The third-order valence-electron chi connectivity index (χ3n) is 4.30. The summed E-state index contributed by atoms with van der Waals surface area (Å²) in [5.74, 6) is 1.62. The minimum Gasteiger partial charge on any atom is -0.455 e. The Morgan fingerprint density at radius 2 is 2.03 bits per heavy atom. The van der Waals surface area contributed by atoms with Crippen LogP contribution in [0, 0.1) is 6.92 Å². The van der Waals surface area contributed by atoms with E-state index < -0.39 is 0 Å². The number of hydrogen-bond acceptors (Lipinski definition) is 6. The second-order valence-electron chi connectivity index (χ2n) is 6.74. The molecule has 4 rings (SSSR count). The first-order chi connectivity index (χ1) is 15.0. The lowest BCUT2D eigenvalue weighted by Crippen LogP contribution is -2.15. The number of ether oxygens (including phenoxy) is 1. The topological polar surface area (TPSA) is 72.7 Å². The number of thioether (sulfide) groups is 1. The van der Waals surface area contributed by atoms with Crippen molar-refractivity contribution in [2.75, 3.05) is 11.1 Å². The summed E-state index contributed by atoms with van der Waals surface area (Å²) in [6, 6.07) is 14.2. The van der Waals surface area contributed by atoms with E-state index in [1.165, 1.54) is 33.6 Å². The van der Waals surface area contributed by atoms with Crippen LogP contribution in [0.2, 0.25) is 5.02 Å². The van der Waals surface area contributed by atoms with Crippen LogP contribution in [0.3, 0.4) is 0 Å². The minimum atomic E-state index is -0.199. The van der Waals surface area contributed by atoms with Gasteiger partial charge in [0, 0.05) is 28.4 Å². The van der Waals surface area contributed by atoms with Gasteiger partial charge in [-0.15, -0.1) is 23.1 Å². The zero-order valence-electron chi connectivity index (χ0n) is 16.5. The van der Waals surface area contributed by atoms with E-state index in [0.717, 1.165) is 5.56 Å². The van der Waals surface area contributed by atoms with Crippen molar-refractivity contribution in [2.45, 2.75) is 12.7 Å². The van der Waals surface area contributed by atoms with Crippen molar-refractivity contribution in [1.82, 2.24) is 9.38 Å². The molecule has 0 aliphatic carbocycles. The number of carbonyl (C=O) groups is 1. The molecule has 0 fully saturated rings. The number of thiazole rings is 1. The molecule has 9 heteroatoms. The number of anilines is 1. The largest absolute Gasteiger partial charge is 0.455 e. The van der Waals surface area contributed by atoms with E-state index in [1.807, 2.05) is 36.6 Å². The van der Waals surface area contributed by atoms with Crippen LogP contribution in [0.1, 0.15) is 11.3 Å². The van der Waals surface area contributed by atoms with E-state index in [4.69, 9.17) is 16.3 Å². The van der Waals surface area contributed by atoms with Gasteiger partial charge in [-0.25, -0.2) is 4.98 Å². The van der Waals surface area contributed by atoms with E-state index in [9.17, 15) is 9.59 Å². The van der Waals surface area contributed by atoms with Crippen molar-refractivity contribution in [1.29, 1.82) is 0 Å². The van der Waals surface area contributed by atoms with Gasteiger partial charge in [0.05, 0.1) is 17.1 Å². The number of nitrogens with zero attached hydrogens (tertiary/aromatic N) is 2. The van der Waals surface area contributed by atoms with Crippen LogP contribution in [-0.4, -0.2) is 21.0 Å². The molecule has 0 saturated carbocycles. The summed E-state index contributed by atoms with van der Waals surface area (Å²) in [4.78, 5) is 29.6. The van der Waals surface area contributed by atoms with Crippen LogP contribution in [0.25, 0.3) is 4.96 Å². The monoisotopic (exact) mass is 471 g/mol. The number of amides is 1. The molecule has 0 unspecified atom stereocenters. The highest BCUT2D eigenvalue weighted by Crippen LogP contribution is 2.32. The van der Waals surface area contributed by atoms with Crippen molar-refractivity contribution >= 4 is 51.3 Å². The smallest absolute Gasteiger partial charge is 0.258 e. The molecule has 0 aliphatic heterocycles. The van der Waals surface area contributed by atoms with E-state index in [2.05, 4.69) is 10.3 Å². The molecular weight excluding hydrogens is 454 g/mol. The molecule has 158 valence electrons. The van der Waals surface area contributed by atoms with Crippen molar-refractivity contribution in [3.63, 3.8) is 0 Å². The molecule has 2 heterocycles. The molecule has 1 N–H and O–H groups in total. The molecule has 0 radical (unpaired) electrons. The summed E-state index contributed by atoms with van der Waals surface area (Å²) < 4.78 is 7.41. The molecule has 0 aliphatic rings. The van der Waals surface area contributed by atoms with Crippen molar-refractivity contribution in [3.05, 3.63) is 86.7 Å². The van der Waals surface area contributed by atoms with Crippen LogP contribution >= 0.6 is 34.7 Å². The average molecular weight is 472 g/mol. The van der Waals surface area contributed by atoms with Gasteiger partial charge in [-0.3, -0.25) is 14.0 Å². The van der Waals surface area contributed by atoms with Crippen molar-refractivity contribution in [3.8, 4) is 11.5 Å². The number of hydrogen-bond donors (Lipinski definition) is 1. The maximum Gasteiger partial charge on any atom is 0.258 e.